The van der Waals surface area contributed by atoms with Crippen LogP contribution in [0, 0.1) is 0 Å². The molecule has 1 amide bonds. The fourth-order valence-corrected chi connectivity index (χ4v) is 2.08. The first-order valence-corrected chi connectivity index (χ1v) is 6.97. The monoisotopic (exact) mass is 306 g/mol. The molecule has 0 radical (unpaired) electrons. The molecule has 0 bridgehead atoms. The molecule has 3 N–H and O–H groups in total. The molecule has 1 aromatic heterocycles. The Morgan fingerprint density at radius 3 is 2.22 bits per heavy atom. The van der Waals surface area contributed by atoms with Crippen molar-refractivity contribution in [2.45, 2.75) is 0 Å². The second-order valence-corrected chi connectivity index (χ2v) is 4.75. The number of aromatic nitrogens is 2. The summed E-state index contributed by atoms with van der Waals surface area (Å²) in [7, 11) is 0. The number of carbonyl (C=O) groups is 1. The summed E-state index contributed by atoms with van der Waals surface area (Å²) in [6.45, 7) is 0. The van der Waals surface area contributed by atoms with E-state index in [9.17, 15) is 4.79 Å². The predicted molar refractivity (Wildman–Crippen MR) is 88.8 cm³/mol. The Kier molecular flexibility index (Phi) is 4.15. The normalized spacial score (nSPS) is 10.1. The van der Waals surface area contributed by atoms with Crippen molar-refractivity contribution in [1.29, 1.82) is 0 Å². The van der Waals surface area contributed by atoms with Crippen LogP contribution in [0.2, 0.25) is 0 Å². The van der Waals surface area contributed by atoms with E-state index in [1.54, 1.807) is 6.07 Å². The first kappa shape index (κ1) is 14.5. The fraction of sp³-hybridized carbons (Fsp3) is 0. The van der Waals surface area contributed by atoms with Crippen LogP contribution in [0.25, 0.3) is 11.3 Å². The third kappa shape index (κ3) is 3.82. The number of para-hydroxylation sites is 1. The Morgan fingerprint density at radius 2 is 1.57 bits per heavy atom. The van der Waals surface area contributed by atoms with Crippen LogP contribution in [0.5, 0.6) is 0 Å². The molecule has 6 heteroatoms. The van der Waals surface area contributed by atoms with Crippen LogP contribution in [0.15, 0.2) is 66.7 Å². The van der Waals surface area contributed by atoms with E-state index in [1.165, 1.54) is 0 Å². The van der Waals surface area contributed by atoms with Crippen molar-refractivity contribution in [1.82, 2.24) is 9.97 Å². The summed E-state index contributed by atoms with van der Waals surface area (Å²) >= 11 is 0. The third-order valence-corrected chi connectivity index (χ3v) is 3.06. The average molecular weight is 306 g/mol. The molecule has 2 aromatic carbocycles. The van der Waals surface area contributed by atoms with Crippen molar-refractivity contribution in [3.8, 4) is 11.3 Å². The molecular formula is C17H14N4O2. The van der Waals surface area contributed by atoms with Crippen LogP contribution in [0.1, 0.15) is 0 Å². The highest BCUT2D eigenvalue weighted by Crippen LogP contribution is 2.22. The second-order valence-electron chi connectivity index (χ2n) is 4.75. The zero-order valence-corrected chi connectivity index (χ0v) is 12.1. The lowest BCUT2D eigenvalue weighted by Crippen LogP contribution is -2.10. The van der Waals surface area contributed by atoms with E-state index >= 15 is 0 Å². The van der Waals surface area contributed by atoms with Crippen LogP contribution < -0.4 is 10.6 Å². The molecule has 114 valence electrons. The van der Waals surface area contributed by atoms with Gasteiger partial charge in [0, 0.05) is 17.3 Å². The van der Waals surface area contributed by atoms with E-state index < -0.39 is 6.09 Å². The number of hydrogen-bond donors (Lipinski definition) is 3. The van der Waals surface area contributed by atoms with E-state index in [0.717, 1.165) is 11.3 Å². The van der Waals surface area contributed by atoms with Crippen LogP contribution >= 0.6 is 0 Å². The minimum absolute atomic E-state index is 0.213. The molecule has 0 saturated carbocycles. The van der Waals surface area contributed by atoms with Gasteiger partial charge in [-0.05, 0) is 12.1 Å². The first-order chi connectivity index (χ1) is 11.2. The van der Waals surface area contributed by atoms with Gasteiger partial charge in [0.05, 0.1) is 5.69 Å². The second kappa shape index (κ2) is 6.57. The van der Waals surface area contributed by atoms with Gasteiger partial charge < -0.3 is 10.4 Å². The topological polar surface area (TPSA) is 87.1 Å². The largest absolute Gasteiger partial charge is 0.465 e. The molecular weight excluding hydrogens is 292 g/mol. The van der Waals surface area contributed by atoms with E-state index in [-0.39, 0.29) is 5.82 Å². The zero-order valence-electron chi connectivity index (χ0n) is 12.1. The number of hydrogen-bond acceptors (Lipinski definition) is 4. The maximum Gasteiger partial charge on any atom is 0.410 e. The van der Waals surface area contributed by atoms with Gasteiger partial charge in [-0.15, -0.1) is 0 Å². The van der Waals surface area contributed by atoms with Crippen molar-refractivity contribution in [2.75, 3.05) is 10.6 Å². The highest BCUT2D eigenvalue weighted by molar-refractivity contribution is 5.83. The van der Waals surface area contributed by atoms with Gasteiger partial charge in [-0.3, -0.25) is 5.32 Å². The highest BCUT2D eigenvalue weighted by atomic mass is 16.4. The quantitative estimate of drug-likeness (QED) is 0.678. The van der Waals surface area contributed by atoms with Gasteiger partial charge in [-0.2, -0.15) is 4.98 Å². The summed E-state index contributed by atoms with van der Waals surface area (Å²) in [6.07, 6.45) is -1.17. The third-order valence-electron chi connectivity index (χ3n) is 3.06. The zero-order chi connectivity index (χ0) is 16.1. The van der Waals surface area contributed by atoms with E-state index in [0.29, 0.717) is 11.6 Å². The van der Waals surface area contributed by atoms with Crippen molar-refractivity contribution in [3.63, 3.8) is 0 Å². The van der Waals surface area contributed by atoms with E-state index in [4.69, 9.17) is 5.11 Å². The number of carboxylic acid groups (broad SMARTS) is 1. The van der Waals surface area contributed by atoms with Crippen molar-refractivity contribution >= 4 is 23.5 Å². The maximum atomic E-state index is 10.9. The van der Waals surface area contributed by atoms with Gasteiger partial charge in [-0.25, -0.2) is 9.78 Å². The van der Waals surface area contributed by atoms with Gasteiger partial charge in [0.2, 0.25) is 5.95 Å². The van der Waals surface area contributed by atoms with Gasteiger partial charge in [0.25, 0.3) is 0 Å². The Balaban J connectivity index is 1.99. The molecule has 0 aliphatic carbocycles. The number of anilines is 3. The lowest BCUT2D eigenvalue weighted by Gasteiger charge is -2.09. The number of benzene rings is 2. The molecule has 6 nitrogen and oxygen atoms in total. The van der Waals surface area contributed by atoms with Crippen molar-refractivity contribution in [2.24, 2.45) is 0 Å². The van der Waals surface area contributed by atoms with Crippen LogP contribution in [-0.4, -0.2) is 21.2 Å². The van der Waals surface area contributed by atoms with Crippen molar-refractivity contribution in [3.05, 3.63) is 66.7 Å². The summed E-state index contributed by atoms with van der Waals surface area (Å²) in [5.41, 5.74) is 2.32. The van der Waals surface area contributed by atoms with Crippen LogP contribution in [-0.2, 0) is 0 Å². The highest BCUT2D eigenvalue weighted by Gasteiger charge is 2.09. The van der Waals surface area contributed by atoms with Gasteiger partial charge >= 0.3 is 6.09 Å². The summed E-state index contributed by atoms with van der Waals surface area (Å²) in [5, 5.41) is 14.3. The fourth-order valence-electron chi connectivity index (χ4n) is 2.08. The maximum absolute atomic E-state index is 10.9. The Hall–Kier alpha value is -3.41. The molecule has 0 aliphatic heterocycles. The molecule has 3 aromatic rings. The lowest BCUT2D eigenvalue weighted by atomic mass is 10.1. The number of amides is 1. The smallest absolute Gasteiger partial charge is 0.410 e. The van der Waals surface area contributed by atoms with Crippen LogP contribution in [0.4, 0.5) is 22.2 Å². The minimum Gasteiger partial charge on any atom is -0.465 e. The van der Waals surface area contributed by atoms with Gasteiger partial charge in [-0.1, -0.05) is 48.5 Å². The van der Waals surface area contributed by atoms with E-state index in [1.807, 2.05) is 60.7 Å². The molecule has 0 saturated heterocycles. The summed E-state index contributed by atoms with van der Waals surface area (Å²) in [6, 6.07) is 20.5. The Morgan fingerprint density at radius 1 is 0.913 bits per heavy atom. The molecule has 3 rings (SSSR count). The summed E-state index contributed by atoms with van der Waals surface area (Å²) < 4.78 is 0. The summed E-state index contributed by atoms with van der Waals surface area (Å²) in [4.78, 5) is 19.5. The standard InChI is InChI=1S/C17H14N4O2/c22-17(23)21-15-11-14(12-7-3-1-4-8-12)19-16(20-15)18-13-9-5-2-6-10-13/h1-11H,(H,22,23)(H2,18,19,20,21). The predicted octanol–water partition coefficient (Wildman–Crippen LogP) is 3.98. The number of nitrogens with one attached hydrogen (secondary N) is 2. The van der Waals surface area contributed by atoms with Gasteiger partial charge in [0.15, 0.2) is 0 Å². The first-order valence-electron chi connectivity index (χ1n) is 6.97. The lowest BCUT2D eigenvalue weighted by molar-refractivity contribution is 0.209. The molecule has 0 spiro atoms. The minimum atomic E-state index is -1.17. The SMILES string of the molecule is O=C(O)Nc1cc(-c2ccccc2)nc(Nc2ccccc2)n1. The molecule has 0 aliphatic rings. The number of nitrogens with zero attached hydrogens (tertiary/aromatic N) is 2. The molecule has 0 unspecified atom stereocenters. The molecule has 23 heavy (non-hydrogen) atoms. The van der Waals surface area contributed by atoms with Crippen LogP contribution in [0.3, 0.4) is 0 Å². The Bertz CT molecular complexity index is 807. The molecule has 0 fully saturated rings. The van der Waals surface area contributed by atoms with Crippen molar-refractivity contribution < 1.29 is 9.90 Å². The number of rotatable bonds is 4. The Labute approximate surface area is 132 Å². The van der Waals surface area contributed by atoms with E-state index in [2.05, 4.69) is 20.6 Å². The molecule has 0 atom stereocenters. The van der Waals surface area contributed by atoms with Gasteiger partial charge in [0.1, 0.15) is 5.82 Å². The molecule has 1 heterocycles. The summed E-state index contributed by atoms with van der Waals surface area (Å²) in [5.74, 6) is 0.533. The average Bonchev–Trinajstić information content (AvgIpc) is 2.56.